The van der Waals surface area contributed by atoms with Crippen molar-refractivity contribution in [2.45, 2.75) is 32.2 Å². The largest absolute Gasteiger partial charge is 0.490 e. The minimum Gasteiger partial charge on any atom is -0.490 e. The molecule has 34 heavy (non-hydrogen) atoms. The molecule has 0 bridgehead atoms. The molecule has 1 atom stereocenters. The predicted molar refractivity (Wildman–Crippen MR) is 130 cm³/mol. The maximum Gasteiger partial charge on any atom is 0.328 e. The molecule has 2 aromatic carbocycles. The highest BCUT2D eigenvalue weighted by atomic mass is 35.5. The van der Waals surface area contributed by atoms with Crippen LogP contribution in [0.3, 0.4) is 0 Å². The summed E-state index contributed by atoms with van der Waals surface area (Å²) in [6.07, 6.45) is 1.80. The molecule has 2 aromatic rings. The van der Waals surface area contributed by atoms with Crippen LogP contribution in [-0.4, -0.2) is 51.2 Å². The van der Waals surface area contributed by atoms with Gasteiger partial charge in [-0.2, -0.15) is 0 Å². The van der Waals surface area contributed by atoms with Gasteiger partial charge < -0.3 is 24.8 Å². The van der Waals surface area contributed by atoms with Crippen molar-refractivity contribution < 1.29 is 28.6 Å². The first-order valence-electron chi connectivity index (χ1n) is 10.7. The third-order valence-electron chi connectivity index (χ3n) is 4.76. The summed E-state index contributed by atoms with van der Waals surface area (Å²) in [5.74, 6) is -2.14. The smallest absolute Gasteiger partial charge is 0.328 e. The normalized spacial score (nSPS) is 11.4. The fraction of sp³-hybridized carbons (Fsp3) is 0.375. The minimum atomic E-state index is -0.995. The second kappa shape index (κ2) is 13.8. The molecule has 8 nitrogen and oxygen atoms in total. The molecular formula is C24H28Cl2N2O6. The Labute approximate surface area is 208 Å². The molecule has 0 aliphatic carbocycles. The molecule has 10 heteroatoms. The third kappa shape index (κ3) is 7.90. The zero-order valence-corrected chi connectivity index (χ0v) is 20.8. The standard InChI is InChI=1S/C24H28Cl2N2O6/c1-15(29)34-21-17(14-18(25)22(20(21)26)33-12-8-7-11-27-2)23(30)28-19(24(31)32-3)13-16-9-5-4-6-10-16/h4-6,9-10,14,19,27H,7-8,11-13H2,1-3H3,(H,28,30). The second-order valence-electron chi connectivity index (χ2n) is 7.37. The summed E-state index contributed by atoms with van der Waals surface area (Å²) in [6.45, 7) is 2.33. The van der Waals surface area contributed by atoms with Crippen LogP contribution < -0.4 is 20.1 Å². The Morgan fingerprint density at radius 1 is 1.06 bits per heavy atom. The maximum absolute atomic E-state index is 13.1. The first kappa shape index (κ1) is 27.4. The number of hydrogen-bond donors (Lipinski definition) is 2. The van der Waals surface area contributed by atoms with Crippen molar-refractivity contribution in [3.63, 3.8) is 0 Å². The molecular weight excluding hydrogens is 483 g/mol. The van der Waals surface area contributed by atoms with E-state index in [1.807, 2.05) is 37.4 Å². The monoisotopic (exact) mass is 510 g/mol. The van der Waals surface area contributed by atoms with Gasteiger partial charge in [0.15, 0.2) is 11.5 Å². The van der Waals surface area contributed by atoms with E-state index in [-0.39, 0.29) is 33.5 Å². The average Bonchev–Trinajstić information content (AvgIpc) is 2.81. The van der Waals surface area contributed by atoms with Crippen LogP contribution in [0.5, 0.6) is 11.5 Å². The van der Waals surface area contributed by atoms with E-state index in [1.54, 1.807) is 0 Å². The van der Waals surface area contributed by atoms with Gasteiger partial charge in [0.1, 0.15) is 11.1 Å². The highest BCUT2D eigenvalue weighted by Gasteiger charge is 2.28. The number of methoxy groups -OCH3 is 1. The number of carbonyl (C=O) groups excluding carboxylic acids is 3. The number of ether oxygens (including phenoxy) is 3. The summed E-state index contributed by atoms with van der Waals surface area (Å²) in [5.41, 5.74) is 0.700. The van der Waals surface area contributed by atoms with Gasteiger partial charge in [0.25, 0.3) is 5.91 Å². The molecule has 0 heterocycles. The van der Waals surface area contributed by atoms with E-state index in [0.717, 1.165) is 24.9 Å². The number of halogens is 2. The molecule has 0 saturated carbocycles. The van der Waals surface area contributed by atoms with Crippen LogP contribution in [0.15, 0.2) is 36.4 Å². The third-order valence-corrected chi connectivity index (χ3v) is 5.39. The van der Waals surface area contributed by atoms with Gasteiger partial charge in [0, 0.05) is 13.3 Å². The van der Waals surface area contributed by atoms with Crippen molar-refractivity contribution in [1.82, 2.24) is 10.6 Å². The first-order valence-corrected chi connectivity index (χ1v) is 11.4. The molecule has 0 aliphatic rings. The lowest BCUT2D eigenvalue weighted by atomic mass is 10.1. The van der Waals surface area contributed by atoms with Gasteiger partial charge in [-0.05, 0) is 38.1 Å². The van der Waals surface area contributed by atoms with Crippen LogP contribution in [-0.2, 0) is 20.7 Å². The van der Waals surface area contributed by atoms with Crippen molar-refractivity contribution in [2.75, 3.05) is 27.3 Å². The molecule has 1 unspecified atom stereocenters. The summed E-state index contributed by atoms with van der Waals surface area (Å²) in [7, 11) is 3.08. The van der Waals surface area contributed by atoms with Crippen molar-refractivity contribution in [3.05, 3.63) is 57.6 Å². The van der Waals surface area contributed by atoms with Gasteiger partial charge in [-0.1, -0.05) is 53.5 Å². The summed E-state index contributed by atoms with van der Waals surface area (Å²) >= 11 is 12.8. The number of amides is 1. The van der Waals surface area contributed by atoms with Gasteiger partial charge in [0.05, 0.1) is 24.3 Å². The molecule has 184 valence electrons. The van der Waals surface area contributed by atoms with Crippen LogP contribution in [0.25, 0.3) is 0 Å². The van der Waals surface area contributed by atoms with Crippen LogP contribution in [0.1, 0.15) is 35.7 Å². The lowest BCUT2D eigenvalue weighted by Gasteiger charge is -2.19. The topological polar surface area (TPSA) is 103 Å². The lowest BCUT2D eigenvalue weighted by Crippen LogP contribution is -2.43. The van der Waals surface area contributed by atoms with E-state index < -0.39 is 23.9 Å². The van der Waals surface area contributed by atoms with E-state index in [1.165, 1.54) is 20.1 Å². The van der Waals surface area contributed by atoms with Crippen molar-refractivity contribution in [2.24, 2.45) is 0 Å². The Balaban J connectivity index is 2.32. The van der Waals surface area contributed by atoms with E-state index >= 15 is 0 Å². The van der Waals surface area contributed by atoms with Crippen LogP contribution >= 0.6 is 23.2 Å². The van der Waals surface area contributed by atoms with Crippen molar-refractivity contribution >= 4 is 41.0 Å². The lowest BCUT2D eigenvalue weighted by molar-refractivity contribution is -0.142. The molecule has 0 fully saturated rings. The highest BCUT2D eigenvalue weighted by Crippen LogP contribution is 2.43. The van der Waals surface area contributed by atoms with E-state index in [9.17, 15) is 14.4 Å². The summed E-state index contributed by atoms with van der Waals surface area (Å²) in [6, 6.07) is 9.43. The Hall–Kier alpha value is -2.81. The van der Waals surface area contributed by atoms with E-state index in [2.05, 4.69) is 10.6 Å². The number of nitrogens with one attached hydrogen (secondary N) is 2. The molecule has 0 aromatic heterocycles. The molecule has 1 amide bonds. The van der Waals surface area contributed by atoms with Gasteiger partial charge in [0.2, 0.25) is 0 Å². The molecule has 2 rings (SSSR count). The second-order valence-corrected chi connectivity index (χ2v) is 8.16. The predicted octanol–water partition coefficient (Wildman–Crippen LogP) is 3.81. The number of rotatable bonds is 12. The Bertz CT molecular complexity index is 1000. The number of carbonyl (C=O) groups is 3. The number of benzene rings is 2. The number of unbranched alkanes of at least 4 members (excludes halogenated alkanes) is 1. The minimum absolute atomic E-state index is 0.0670. The highest BCUT2D eigenvalue weighted by molar-refractivity contribution is 6.39. The first-order chi connectivity index (χ1) is 16.3. The Morgan fingerprint density at radius 2 is 1.76 bits per heavy atom. The summed E-state index contributed by atoms with van der Waals surface area (Å²) < 4.78 is 15.8. The van der Waals surface area contributed by atoms with Crippen LogP contribution in [0, 0.1) is 0 Å². The molecule has 0 aliphatic heterocycles. The summed E-state index contributed by atoms with van der Waals surface area (Å²) in [4.78, 5) is 37.2. The van der Waals surface area contributed by atoms with Gasteiger partial charge in [-0.3, -0.25) is 9.59 Å². The fourth-order valence-corrected chi connectivity index (χ4v) is 3.73. The zero-order chi connectivity index (χ0) is 25.1. The molecule has 0 spiro atoms. The van der Waals surface area contributed by atoms with Crippen molar-refractivity contribution in [3.8, 4) is 11.5 Å². The van der Waals surface area contributed by atoms with Crippen molar-refractivity contribution in [1.29, 1.82) is 0 Å². The Kier molecular flexibility index (Phi) is 11.1. The van der Waals surface area contributed by atoms with Crippen LogP contribution in [0.2, 0.25) is 10.0 Å². The molecule has 0 radical (unpaired) electrons. The fourth-order valence-electron chi connectivity index (χ4n) is 3.13. The number of esters is 2. The zero-order valence-electron chi connectivity index (χ0n) is 19.3. The number of hydrogen-bond acceptors (Lipinski definition) is 7. The van der Waals surface area contributed by atoms with Gasteiger partial charge in [-0.15, -0.1) is 0 Å². The van der Waals surface area contributed by atoms with Gasteiger partial charge >= 0.3 is 11.9 Å². The summed E-state index contributed by atoms with van der Waals surface area (Å²) in [5, 5.41) is 5.61. The Morgan fingerprint density at radius 3 is 2.38 bits per heavy atom. The quantitative estimate of drug-likeness (QED) is 0.254. The SMILES string of the molecule is CNCCCCOc1c(Cl)cc(C(=O)NC(Cc2ccccc2)C(=O)OC)c(OC(C)=O)c1Cl. The molecule has 2 N–H and O–H groups in total. The maximum atomic E-state index is 13.1. The van der Waals surface area contributed by atoms with Gasteiger partial charge in [-0.25, -0.2) is 4.79 Å². The van der Waals surface area contributed by atoms with E-state index in [0.29, 0.717) is 6.61 Å². The average molecular weight is 511 g/mol. The van der Waals surface area contributed by atoms with E-state index in [4.69, 9.17) is 37.4 Å². The van der Waals surface area contributed by atoms with Crippen LogP contribution in [0.4, 0.5) is 0 Å². The molecule has 0 saturated heterocycles.